The molecule has 0 N–H and O–H groups in total. The minimum atomic E-state index is 1.02. The van der Waals surface area contributed by atoms with Crippen molar-refractivity contribution in [3.63, 3.8) is 0 Å². The molecule has 0 fully saturated rings. The summed E-state index contributed by atoms with van der Waals surface area (Å²) in [5, 5.41) is 2.53. The quantitative estimate of drug-likeness (QED) is 0.679. The minimum Gasteiger partial charge on any atom is -0.456 e. The van der Waals surface area contributed by atoms with E-state index in [1.54, 1.807) is 11.8 Å². The van der Waals surface area contributed by atoms with E-state index in [1.165, 1.54) is 15.5 Å². The number of rotatable bonds is 1. The molecule has 0 radical (unpaired) electrons. The van der Waals surface area contributed by atoms with Crippen molar-refractivity contribution in [1.82, 2.24) is 0 Å². The van der Waals surface area contributed by atoms with E-state index in [0.29, 0.717) is 0 Å². The maximum absolute atomic E-state index is 5.83. The summed E-state index contributed by atoms with van der Waals surface area (Å²) in [5.41, 5.74) is 2.07. The lowest BCUT2D eigenvalue weighted by molar-refractivity contribution is 0.571. The van der Waals surface area contributed by atoms with Crippen LogP contribution >= 0.6 is 11.8 Å². The molecule has 0 saturated heterocycles. The predicted octanol–water partition coefficient (Wildman–Crippen LogP) is 2.51. The first kappa shape index (κ1) is 9.10. The Morgan fingerprint density at radius 3 is 2.93 bits per heavy atom. The molecule has 3 rings (SSSR count). The third-order valence-corrected chi connectivity index (χ3v) is 3.53. The number of thioether (sulfide) groups is 1. The zero-order valence-electron chi connectivity index (χ0n) is 8.62. The van der Waals surface area contributed by atoms with Gasteiger partial charge in [0, 0.05) is 15.5 Å². The van der Waals surface area contributed by atoms with Crippen LogP contribution in [0.4, 0.5) is 0 Å². The molecule has 2 heteroatoms. The van der Waals surface area contributed by atoms with Crippen molar-refractivity contribution in [3.05, 3.63) is 28.8 Å². The minimum absolute atomic E-state index is 1.02. The van der Waals surface area contributed by atoms with Gasteiger partial charge in [-0.25, -0.2) is 0 Å². The van der Waals surface area contributed by atoms with Crippen LogP contribution in [0.5, 0.6) is 0 Å². The summed E-state index contributed by atoms with van der Waals surface area (Å²) in [6.07, 6.45) is 8.78. The molecule has 0 unspecified atom stereocenters. The molecule has 0 bridgehead atoms. The molecule has 0 aliphatic heterocycles. The molecule has 1 aliphatic rings. The van der Waals surface area contributed by atoms with Crippen molar-refractivity contribution in [2.24, 2.45) is 0 Å². The van der Waals surface area contributed by atoms with Gasteiger partial charge in [-0.1, -0.05) is 6.08 Å². The van der Waals surface area contributed by atoms with Gasteiger partial charge < -0.3 is 4.42 Å². The lowest BCUT2D eigenvalue weighted by Crippen LogP contribution is -2.21. The number of benzene rings is 1. The first-order valence-electron chi connectivity index (χ1n) is 5.15. The van der Waals surface area contributed by atoms with Gasteiger partial charge >= 0.3 is 0 Å². The molecule has 0 spiro atoms. The molecule has 0 atom stereocenters. The lowest BCUT2D eigenvalue weighted by atomic mass is 10.1. The van der Waals surface area contributed by atoms with Crippen LogP contribution in [0.2, 0.25) is 0 Å². The Morgan fingerprint density at radius 1 is 1.20 bits per heavy atom. The predicted molar refractivity (Wildman–Crippen MR) is 65.4 cm³/mol. The SMILES string of the molecule is CSc1ccc2c3c(oc2c1)=CCCC=3. The van der Waals surface area contributed by atoms with E-state index in [1.807, 2.05) is 0 Å². The number of hydrogen-bond acceptors (Lipinski definition) is 2. The van der Waals surface area contributed by atoms with E-state index >= 15 is 0 Å². The zero-order chi connectivity index (χ0) is 10.3. The van der Waals surface area contributed by atoms with Crippen molar-refractivity contribution < 1.29 is 4.42 Å². The molecular formula is C13H12OS. The Hall–Kier alpha value is -1.15. The van der Waals surface area contributed by atoms with Gasteiger partial charge in [0.15, 0.2) is 0 Å². The molecule has 0 saturated carbocycles. The lowest BCUT2D eigenvalue weighted by Gasteiger charge is -1.94. The van der Waals surface area contributed by atoms with Crippen molar-refractivity contribution in [2.75, 3.05) is 6.26 Å². The largest absolute Gasteiger partial charge is 0.456 e. The van der Waals surface area contributed by atoms with Crippen LogP contribution < -0.4 is 10.6 Å². The van der Waals surface area contributed by atoms with Gasteiger partial charge in [-0.05, 0) is 43.4 Å². The molecule has 2 aromatic rings. The van der Waals surface area contributed by atoms with E-state index in [0.717, 1.165) is 23.8 Å². The summed E-state index contributed by atoms with van der Waals surface area (Å²) in [5.74, 6) is 0. The fourth-order valence-corrected chi connectivity index (χ4v) is 2.48. The Kier molecular flexibility index (Phi) is 2.10. The van der Waals surface area contributed by atoms with Gasteiger partial charge in [0.2, 0.25) is 0 Å². The zero-order valence-corrected chi connectivity index (χ0v) is 9.43. The molecule has 1 aliphatic carbocycles. The second-order valence-corrected chi connectivity index (χ2v) is 4.61. The van der Waals surface area contributed by atoms with Gasteiger partial charge in [-0.3, -0.25) is 0 Å². The Labute approximate surface area is 92.5 Å². The van der Waals surface area contributed by atoms with E-state index in [9.17, 15) is 0 Å². The smallest absolute Gasteiger partial charge is 0.136 e. The van der Waals surface area contributed by atoms with Gasteiger partial charge in [0.1, 0.15) is 11.0 Å². The highest BCUT2D eigenvalue weighted by Gasteiger charge is 2.05. The monoisotopic (exact) mass is 216 g/mol. The summed E-state index contributed by atoms with van der Waals surface area (Å²) in [4.78, 5) is 1.26. The van der Waals surface area contributed by atoms with Crippen LogP contribution in [-0.4, -0.2) is 6.26 Å². The summed E-state index contributed by atoms with van der Waals surface area (Å²) >= 11 is 1.75. The average molecular weight is 216 g/mol. The number of hydrogen-bond donors (Lipinski definition) is 0. The molecule has 76 valence electrons. The third-order valence-electron chi connectivity index (χ3n) is 2.81. The van der Waals surface area contributed by atoms with Crippen LogP contribution in [0.3, 0.4) is 0 Å². The fourth-order valence-electron chi connectivity index (χ4n) is 2.05. The van der Waals surface area contributed by atoms with Gasteiger partial charge in [0.05, 0.1) is 0 Å². The first-order chi connectivity index (χ1) is 7.38. The van der Waals surface area contributed by atoms with Gasteiger partial charge in [-0.2, -0.15) is 0 Å². The summed E-state index contributed by atoms with van der Waals surface area (Å²) in [7, 11) is 0. The molecule has 1 heterocycles. The maximum Gasteiger partial charge on any atom is 0.136 e. The van der Waals surface area contributed by atoms with Crippen LogP contribution in [0.1, 0.15) is 12.8 Å². The standard InChI is InChI=1S/C13H12OS/c1-15-9-6-7-11-10-4-2-3-5-12(10)14-13(11)8-9/h4-8H,2-3H2,1H3. The molecular weight excluding hydrogens is 204 g/mol. The van der Waals surface area contributed by atoms with Crippen molar-refractivity contribution >= 4 is 34.9 Å². The van der Waals surface area contributed by atoms with Gasteiger partial charge in [0.25, 0.3) is 0 Å². The summed E-state index contributed by atoms with van der Waals surface area (Å²) < 4.78 is 5.83. The van der Waals surface area contributed by atoms with Crippen LogP contribution in [0, 0.1) is 0 Å². The van der Waals surface area contributed by atoms with E-state index < -0.39 is 0 Å². The van der Waals surface area contributed by atoms with E-state index in [-0.39, 0.29) is 0 Å². The molecule has 1 aromatic heterocycles. The Morgan fingerprint density at radius 2 is 2.07 bits per heavy atom. The van der Waals surface area contributed by atoms with Crippen LogP contribution in [0.15, 0.2) is 27.5 Å². The van der Waals surface area contributed by atoms with Crippen molar-refractivity contribution in [1.29, 1.82) is 0 Å². The normalized spacial score (nSPS) is 14.5. The molecule has 1 nitrogen and oxygen atoms in total. The van der Waals surface area contributed by atoms with Crippen LogP contribution in [0.25, 0.3) is 23.1 Å². The summed E-state index contributed by atoms with van der Waals surface area (Å²) in [6.45, 7) is 0. The first-order valence-corrected chi connectivity index (χ1v) is 6.38. The Bertz CT molecular complexity index is 622. The van der Waals surface area contributed by atoms with E-state index in [4.69, 9.17) is 4.42 Å². The maximum atomic E-state index is 5.83. The number of fused-ring (bicyclic) bond motifs is 3. The number of furan rings is 1. The van der Waals surface area contributed by atoms with Gasteiger partial charge in [-0.15, -0.1) is 11.8 Å². The van der Waals surface area contributed by atoms with Crippen molar-refractivity contribution in [2.45, 2.75) is 17.7 Å². The third kappa shape index (κ3) is 1.40. The highest BCUT2D eigenvalue weighted by atomic mass is 32.2. The second-order valence-electron chi connectivity index (χ2n) is 3.73. The fraction of sp³-hybridized carbons (Fsp3) is 0.231. The second kappa shape index (κ2) is 3.46. The average Bonchev–Trinajstić information content (AvgIpc) is 2.66. The molecule has 0 amide bonds. The Balaban J connectivity index is 2.43. The van der Waals surface area contributed by atoms with Crippen LogP contribution in [-0.2, 0) is 0 Å². The summed E-state index contributed by atoms with van der Waals surface area (Å²) in [6, 6.07) is 6.45. The van der Waals surface area contributed by atoms with E-state index in [2.05, 4.69) is 36.6 Å². The highest BCUT2D eigenvalue weighted by Crippen LogP contribution is 2.19. The molecule has 15 heavy (non-hydrogen) atoms. The highest BCUT2D eigenvalue weighted by molar-refractivity contribution is 7.98. The topological polar surface area (TPSA) is 13.1 Å². The molecule has 1 aromatic carbocycles. The van der Waals surface area contributed by atoms with Crippen molar-refractivity contribution in [3.8, 4) is 0 Å².